The number of halogens is 6. The molecule has 0 spiro atoms. The van der Waals surface area contributed by atoms with E-state index in [2.05, 4.69) is 0 Å². The van der Waals surface area contributed by atoms with Crippen LogP contribution in [0.25, 0.3) is 0 Å². The lowest BCUT2D eigenvalue weighted by Crippen LogP contribution is -2.42. The summed E-state index contributed by atoms with van der Waals surface area (Å²) in [6, 6.07) is 0. The molecular weight excluding hydrogens is 202 g/mol. The second-order valence-corrected chi connectivity index (χ2v) is 2.89. The van der Waals surface area contributed by atoms with Gasteiger partial charge in [0.15, 0.2) is 5.60 Å². The van der Waals surface area contributed by atoms with E-state index in [0.717, 1.165) is 0 Å². The Morgan fingerprint density at radius 1 is 0.923 bits per heavy atom. The van der Waals surface area contributed by atoms with Gasteiger partial charge >= 0.3 is 12.4 Å². The van der Waals surface area contributed by atoms with Crippen LogP contribution in [0.3, 0.4) is 0 Å². The SMILES string of the molecule is CC(O)(CCC(F)(F)F)C(F)(F)F. The van der Waals surface area contributed by atoms with Crippen LogP contribution in [0.1, 0.15) is 19.8 Å². The molecule has 0 aliphatic heterocycles. The predicted molar refractivity (Wildman–Crippen MR) is 32.0 cm³/mol. The van der Waals surface area contributed by atoms with Crippen molar-refractivity contribution in [3.63, 3.8) is 0 Å². The molecule has 0 amide bonds. The number of aliphatic hydroxyl groups is 1. The highest BCUT2D eigenvalue weighted by Gasteiger charge is 2.50. The zero-order valence-electron chi connectivity index (χ0n) is 6.63. The van der Waals surface area contributed by atoms with Gasteiger partial charge in [-0.3, -0.25) is 0 Å². The molecule has 13 heavy (non-hydrogen) atoms. The quantitative estimate of drug-likeness (QED) is 0.694. The van der Waals surface area contributed by atoms with Crippen molar-refractivity contribution in [1.82, 2.24) is 0 Å². The Balaban J connectivity index is 4.21. The number of rotatable bonds is 2. The van der Waals surface area contributed by atoms with Gasteiger partial charge in [-0.25, -0.2) is 0 Å². The molecule has 0 bridgehead atoms. The Labute approximate surface area is 70.4 Å². The Morgan fingerprint density at radius 3 is 1.54 bits per heavy atom. The minimum Gasteiger partial charge on any atom is -0.381 e. The van der Waals surface area contributed by atoms with Gasteiger partial charge in [0.25, 0.3) is 0 Å². The predicted octanol–water partition coefficient (Wildman–Crippen LogP) is 2.64. The molecule has 1 unspecified atom stereocenters. The fraction of sp³-hybridized carbons (Fsp3) is 1.00. The van der Waals surface area contributed by atoms with E-state index in [9.17, 15) is 26.3 Å². The van der Waals surface area contributed by atoms with E-state index in [1.54, 1.807) is 0 Å². The van der Waals surface area contributed by atoms with Crippen molar-refractivity contribution in [2.75, 3.05) is 0 Å². The first-order valence-electron chi connectivity index (χ1n) is 3.31. The second kappa shape index (κ2) is 3.36. The summed E-state index contributed by atoms with van der Waals surface area (Å²) >= 11 is 0. The van der Waals surface area contributed by atoms with Crippen molar-refractivity contribution >= 4 is 0 Å². The van der Waals surface area contributed by atoms with Crippen LogP contribution in [0, 0.1) is 0 Å². The highest BCUT2D eigenvalue weighted by molar-refractivity contribution is 4.82. The average molecular weight is 210 g/mol. The van der Waals surface area contributed by atoms with Crippen LogP contribution in [-0.2, 0) is 0 Å². The summed E-state index contributed by atoms with van der Waals surface area (Å²) in [4.78, 5) is 0. The third-order valence-electron chi connectivity index (χ3n) is 1.51. The molecular formula is C6H8F6O. The molecule has 0 aliphatic carbocycles. The van der Waals surface area contributed by atoms with Gasteiger partial charge in [0.05, 0.1) is 0 Å². The van der Waals surface area contributed by atoms with Crippen LogP contribution in [0.2, 0.25) is 0 Å². The van der Waals surface area contributed by atoms with Crippen LogP contribution in [0.5, 0.6) is 0 Å². The molecule has 0 aliphatic rings. The van der Waals surface area contributed by atoms with Crippen LogP contribution in [0.15, 0.2) is 0 Å². The van der Waals surface area contributed by atoms with Crippen molar-refractivity contribution in [2.24, 2.45) is 0 Å². The van der Waals surface area contributed by atoms with E-state index in [-0.39, 0.29) is 0 Å². The van der Waals surface area contributed by atoms with Crippen LogP contribution in [0.4, 0.5) is 26.3 Å². The molecule has 0 aromatic rings. The molecule has 0 rings (SSSR count). The van der Waals surface area contributed by atoms with Gasteiger partial charge in [-0.2, -0.15) is 26.3 Å². The van der Waals surface area contributed by atoms with Crippen molar-refractivity contribution in [3.05, 3.63) is 0 Å². The van der Waals surface area contributed by atoms with Crippen molar-refractivity contribution < 1.29 is 31.4 Å². The molecule has 7 heteroatoms. The third-order valence-corrected chi connectivity index (χ3v) is 1.51. The third kappa shape index (κ3) is 4.35. The van der Waals surface area contributed by atoms with E-state index in [0.29, 0.717) is 6.92 Å². The first-order chi connectivity index (χ1) is 5.46. The zero-order chi connectivity index (χ0) is 10.9. The molecule has 0 saturated heterocycles. The summed E-state index contributed by atoms with van der Waals surface area (Å²) in [7, 11) is 0. The normalized spacial score (nSPS) is 18.5. The summed E-state index contributed by atoms with van der Waals surface area (Å²) < 4.78 is 69.9. The Hall–Kier alpha value is -0.460. The Bertz CT molecular complexity index is 167. The summed E-state index contributed by atoms with van der Waals surface area (Å²) in [5.41, 5.74) is -3.28. The fourth-order valence-corrected chi connectivity index (χ4v) is 0.527. The van der Waals surface area contributed by atoms with E-state index < -0.39 is 30.8 Å². The molecule has 0 aromatic heterocycles. The zero-order valence-corrected chi connectivity index (χ0v) is 6.63. The maximum Gasteiger partial charge on any atom is 0.416 e. The maximum atomic E-state index is 11.8. The fourth-order valence-electron chi connectivity index (χ4n) is 0.527. The Morgan fingerprint density at radius 2 is 1.31 bits per heavy atom. The summed E-state index contributed by atoms with van der Waals surface area (Å²) in [6.07, 6.45) is -12.7. The lowest BCUT2D eigenvalue weighted by molar-refractivity contribution is -0.262. The van der Waals surface area contributed by atoms with E-state index in [1.165, 1.54) is 0 Å². The van der Waals surface area contributed by atoms with E-state index >= 15 is 0 Å². The number of hydrogen-bond acceptors (Lipinski definition) is 1. The highest BCUT2D eigenvalue weighted by Crippen LogP contribution is 2.36. The molecule has 80 valence electrons. The summed E-state index contributed by atoms with van der Waals surface area (Å²) in [5, 5.41) is 8.59. The van der Waals surface area contributed by atoms with Crippen molar-refractivity contribution in [1.29, 1.82) is 0 Å². The highest BCUT2D eigenvalue weighted by atomic mass is 19.4. The first kappa shape index (κ1) is 12.5. The van der Waals surface area contributed by atoms with Crippen LogP contribution in [-0.4, -0.2) is 23.1 Å². The number of hydrogen-bond donors (Lipinski definition) is 1. The number of alkyl halides is 6. The molecule has 1 nitrogen and oxygen atoms in total. The summed E-state index contributed by atoms with van der Waals surface area (Å²) in [6.45, 7) is 0.318. The molecule has 0 radical (unpaired) electrons. The van der Waals surface area contributed by atoms with E-state index in [1.807, 2.05) is 0 Å². The summed E-state index contributed by atoms with van der Waals surface area (Å²) in [5.74, 6) is 0. The standard InChI is InChI=1S/C6H8F6O/c1-4(13,6(10,11)12)2-3-5(7,8)9/h13H,2-3H2,1H3. The van der Waals surface area contributed by atoms with Crippen molar-refractivity contribution in [2.45, 2.75) is 37.7 Å². The van der Waals surface area contributed by atoms with Gasteiger partial charge < -0.3 is 5.11 Å². The van der Waals surface area contributed by atoms with Crippen LogP contribution >= 0.6 is 0 Å². The molecule has 1 N–H and O–H groups in total. The molecule has 0 saturated carbocycles. The molecule has 0 heterocycles. The maximum absolute atomic E-state index is 11.8. The topological polar surface area (TPSA) is 20.2 Å². The van der Waals surface area contributed by atoms with Gasteiger partial charge in [-0.15, -0.1) is 0 Å². The lowest BCUT2D eigenvalue weighted by atomic mass is 10.00. The molecule has 0 aromatic carbocycles. The van der Waals surface area contributed by atoms with Crippen LogP contribution < -0.4 is 0 Å². The van der Waals surface area contributed by atoms with Gasteiger partial charge in [-0.1, -0.05) is 0 Å². The molecule has 1 atom stereocenters. The van der Waals surface area contributed by atoms with Gasteiger partial charge in [-0.05, 0) is 13.3 Å². The smallest absolute Gasteiger partial charge is 0.381 e. The van der Waals surface area contributed by atoms with Gasteiger partial charge in [0.2, 0.25) is 0 Å². The first-order valence-corrected chi connectivity index (χ1v) is 3.31. The monoisotopic (exact) mass is 210 g/mol. The van der Waals surface area contributed by atoms with Crippen molar-refractivity contribution in [3.8, 4) is 0 Å². The largest absolute Gasteiger partial charge is 0.416 e. The minimum atomic E-state index is -5.03. The average Bonchev–Trinajstić information content (AvgIpc) is 1.79. The minimum absolute atomic E-state index is 0.318. The second-order valence-electron chi connectivity index (χ2n) is 2.89. The molecule has 0 fully saturated rings. The Kier molecular flexibility index (Phi) is 3.24. The lowest BCUT2D eigenvalue weighted by Gasteiger charge is -2.26. The van der Waals surface area contributed by atoms with Gasteiger partial charge in [0, 0.05) is 6.42 Å². The van der Waals surface area contributed by atoms with E-state index in [4.69, 9.17) is 5.11 Å². The van der Waals surface area contributed by atoms with Gasteiger partial charge in [0.1, 0.15) is 0 Å².